The van der Waals surface area contributed by atoms with Crippen LogP contribution < -0.4 is 11.1 Å². The van der Waals surface area contributed by atoms with E-state index < -0.39 is 0 Å². The van der Waals surface area contributed by atoms with Crippen LogP contribution in [0.3, 0.4) is 0 Å². The minimum absolute atomic E-state index is 0.215. The summed E-state index contributed by atoms with van der Waals surface area (Å²) in [7, 11) is 0. The number of halogens is 1. The summed E-state index contributed by atoms with van der Waals surface area (Å²) in [5, 5.41) is 3.19. The van der Waals surface area contributed by atoms with Gasteiger partial charge >= 0.3 is 0 Å². The van der Waals surface area contributed by atoms with Crippen molar-refractivity contribution in [1.29, 1.82) is 0 Å². The van der Waals surface area contributed by atoms with E-state index in [-0.39, 0.29) is 5.91 Å². The van der Waals surface area contributed by atoms with Crippen molar-refractivity contribution in [2.45, 2.75) is 20.8 Å². The second-order valence-electron chi connectivity index (χ2n) is 4.40. The highest BCUT2D eigenvalue weighted by atomic mass is 35.5. The van der Waals surface area contributed by atoms with Crippen LogP contribution in [0.25, 0.3) is 0 Å². The molecule has 0 fully saturated rings. The highest BCUT2D eigenvalue weighted by Crippen LogP contribution is 2.25. The van der Waals surface area contributed by atoms with E-state index in [1.54, 1.807) is 25.1 Å². The van der Waals surface area contributed by atoms with E-state index in [9.17, 15) is 4.79 Å². The third-order valence-corrected chi connectivity index (χ3v) is 3.37. The number of anilines is 2. The molecule has 2 rings (SSSR count). The van der Waals surface area contributed by atoms with Crippen LogP contribution in [-0.4, -0.2) is 5.91 Å². The molecule has 0 saturated heterocycles. The Labute approximate surface area is 116 Å². The summed E-state index contributed by atoms with van der Waals surface area (Å²) < 4.78 is 5.44. The van der Waals surface area contributed by atoms with Crippen molar-refractivity contribution in [2.75, 3.05) is 11.1 Å². The number of rotatable bonds is 2. The SMILES string of the molecule is Cc1oc(C)c(C(=O)Nc2ccc(N)c(Cl)c2)c1C. The number of nitrogens with one attached hydrogen (secondary N) is 1. The molecular weight excluding hydrogens is 264 g/mol. The van der Waals surface area contributed by atoms with Crippen LogP contribution in [0.4, 0.5) is 11.4 Å². The summed E-state index contributed by atoms with van der Waals surface area (Å²) in [5.74, 6) is 1.14. The first-order valence-electron chi connectivity index (χ1n) is 5.83. The van der Waals surface area contributed by atoms with Gasteiger partial charge in [-0.15, -0.1) is 0 Å². The van der Waals surface area contributed by atoms with Crippen LogP contribution >= 0.6 is 11.6 Å². The predicted molar refractivity (Wildman–Crippen MR) is 76.7 cm³/mol. The van der Waals surface area contributed by atoms with Crippen LogP contribution in [0, 0.1) is 20.8 Å². The third kappa shape index (κ3) is 2.58. The largest absolute Gasteiger partial charge is 0.466 e. The molecule has 0 unspecified atom stereocenters. The number of carbonyl (C=O) groups excluding carboxylic acids is 1. The molecule has 0 aliphatic rings. The van der Waals surface area contributed by atoms with Crippen LogP contribution in [0.2, 0.25) is 5.02 Å². The van der Waals surface area contributed by atoms with Crippen LogP contribution in [0.15, 0.2) is 22.6 Å². The zero-order valence-electron chi connectivity index (χ0n) is 11.0. The van der Waals surface area contributed by atoms with Gasteiger partial charge in [-0.1, -0.05) is 11.6 Å². The normalized spacial score (nSPS) is 10.5. The molecule has 1 aromatic heterocycles. The topological polar surface area (TPSA) is 68.3 Å². The smallest absolute Gasteiger partial charge is 0.259 e. The van der Waals surface area contributed by atoms with Gasteiger partial charge in [0, 0.05) is 11.3 Å². The molecule has 4 nitrogen and oxygen atoms in total. The van der Waals surface area contributed by atoms with Gasteiger partial charge in [-0.2, -0.15) is 0 Å². The van der Waals surface area contributed by atoms with E-state index in [1.807, 2.05) is 13.8 Å². The lowest BCUT2D eigenvalue weighted by Crippen LogP contribution is -2.13. The third-order valence-electron chi connectivity index (χ3n) is 3.05. The van der Waals surface area contributed by atoms with Gasteiger partial charge < -0.3 is 15.5 Å². The Kier molecular flexibility index (Phi) is 3.53. The van der Waals surface area contributed by atoms with Crippen molar-refractivity contribution < 1.29 is 9.21 Å². The maximum atomic E-state index is 12.2. The zero-order valence-corrected chi connectivity index (χ0v) is 11.8. The monoisotopic (exact) mass is 278 g/mol. The van der Waals surface area contributed by atoms with E-state index in [4.69, 9.17) is 21.8 Å². The molecule has 1 amide bonds. The van der Waals surface area contributed by atoms with Crippen molar-refractivity contribution in [2.24, 2.45) is 0 Å². The minimum atomic E-state index is -0.215. The summed E-state index contributed by atoms with van der Waals surface area (Å²) in [4.78, 5) is 12.2. The Balaban J connectivity index is 2.28. The second kappa shape index (κ2) is 4.97. The Bertz CT molecular complexity index is 647. The molecule has 0 atom stereocenters. The molecule has 0 radical (unpaired) electrons. The predicted octanol–water partition coefficient (Wildman–Crippen LogP) is 3.69. The molecular formula is C14H15ClN2O2. The first-order chi connectivity index (χ1) is 8.90. The molecule has 3 N–H and O–H groups in total. The van der Waals surface area contributed by atoms with E-state index in [0.717, 1.165) is 11.3 Å². The van der Waals surface area contributed by atoms with Gasteiger partial charge in [-0.3, -0.25) is 4.79 Å². The number of nitrogens with two attached hydrogens (primary N) is 1. The number of benzene rings is 1. The van der Waals surface area contributed by atoms with Gasteiger partial charge in [0.25, 0.3) is 5.91 Å². The van der Waals surface area contributed by atoms with Crippen LogP contribution in [-0.2, 0) is 0 Å². The Hall–Kier alpha value is -1.94. The van der Waals surface area contributed by atoms with Gasteiger partial charge in [0.15, 0.2) is 0 Å². The number of hydrogen-bond acceptors (Lipinski definition) is 3. The van der Waals surface area contributed by atoms with Gasteiger partial charge in [-0.25, -0.2) is 0 Å². The van der Waals surface area contributed by atoms with Crippen LogP contribution in [0.5, 0.6) is 0 Å². The van der Waals surface area contributed by atoms with Crippen molar-refractivity contribution in [3.8, 4) is 0 Å². The first kappa shape index (κ1) is 13.5. The number of amides is 1. The second-order valence-corrected chi connectivity index (χ2v) is 4.81. The Morgan fingerprint density at radius 1 is 1.26 bits per heavy atom. The van der Waals surface area contributed by atoms with Crippen molar-refractivity contribution in [1.82, 2.24) is 0 Å². The maximum absolute atomic E-state index is 12.2. The highest BCUT2D eigenvalue weighted by molar-refractivity contribution is 6.33. The maximum Gasteiger partial charge on any atom is 0.259 e. The van der Waals surface area contributed by atoms with Gasteiger partial charge in [-0.05, 0) is 39.0 Å². The number of furan rings is 1. The van der Waals surface area contributed by atoms with Crippen LogP contribution in [0.1, 0.15) is 27.4 Å². The lowest BCUT2D eigenvalue weighted by atomic mass is 10.1. The molecule has 0 spiro atoms. The van der Waals surface area contributed by atoms with E-state index in [0.29, 0.717) is 27.7 Å². The van der Waals surface area contributed by atoms with Crippen molar-refractivity contribution in [3.63, 3.8) is 0 Å². The molecule has 0 saturated carbocycles. The lowest BCUT2D eigenvalue weighted by Gasteiger charge is -2.07. The summed E-state index contributed by atoms with van der Waals surface area (Å²) in [5.41, 5.74) is 8.10. The first-order valence-corrected chi connectivity index (χ1v) is 6.21. The molecule has 0 aliphatic carbocycles. The molecule has 1 aromatic carbocycles. The van der Waals surface area contributed by atoms with E-state index in [1.165, 1.54) is 0 Å². The number of carbonyl (C=O) groups is 1. The molecule has 2 aromatic rings. The fourth-order valence-corrected chi connectivity index (χ4v) is 2.11. The van der Waals surface area contributed by atoms with Gasteiger partial charge in [0.05, 0.1) is 16.3 Å². The van der Waals surface area contributed by atoms with Crippen molar-refractivity contribution in [3.05, 3.63) is 45.9 Å². The quantitative estimate of drug-likeness (QED) is 0.823. The minimum Gasteiger partial charge on any atom is -0.466 e. The lowest BCUT2D eigenvalue weighted by molar-refractivity contribution is 0.102. The average Bonchev–Trinajstić information content (AvgIpc) is 2.58. The Morgan fingerprint density at radius 3 is 2.47 bits per heavy atom. The molecule has 19 heavy (non-hydrogen) atoms. The average molecular weight is 279 g/mol. The van der Waals surface area contributed by atoms with Crippen molar-refractivity contribution >= 4 is 28.9 Å². The Morgan fingerprint density at radius 2 is 1.95 bits per heavy atom. The summed E-state index contributed by atoms with van der Waals surface area (Å²) in [6, 6.07) is 4.97. The number of nitrogen functional groups attached to an aromatic ring is 1. The number of hydrogen-bond donors (Lipinski definition) is 2. The summed E-state index contributed by atoms with van der Waals surface area (Å²) in [6.07, 6.45) is 0. The molecule has 100 valence electrons. The van der Waals surface area contributed by atoms with E-state index >= 15 is 0 Å². The molecule has 0 aliphatic heterocycles. The zero-order chi connectivity index (χ0) is 14.2. The van der Waals surface area contributed by atoms with Gasteiger partial charge in [0.2, 0.25) is 0 Å². The summed E-state index contributed by atoms with van der Waals surface area (Å²) >= 11 is 5.92. The standard InChI is InChI=1S/C14H15ClN2O2/c1-7-8(2)19-9(3)13(7)14(18)17-10-4-5-12(16)11(15)6-10/h4-6H,16H2,1-3H3,(H,17,18). The van der Waals surface area contributed by atoms with E-state index in [2.05, 4.69) is 5.32 Å². The number of aryl methyl sites for hydroxylation is 2. The fraction of sp³-hybridized carbons (Fsp3) is 0.214. The fourth-order valence-electron chi connectivity index (χ4n) is 1.93. The summed E-state index contributed by atoms with van der Waals surface area (Å²) in [6.45, 7) is 5.46. The molecule has 1 heterocycles. The van der Waals surface area contributed by atoms with Gasteiger partial charge in [0.1, 0.15) is 11.5 Å². The molecule has 5 heteroatoms. The molecule has 0 bridgehead atoms. The highest BCUT2D eigenvalue weighted by Gasteiger charge is 2.18.